The first-order valence-electron chi connectivity index (χ1n) is 14.5. The maximum atomic E-state index is 13.1. The van der Waals surface area contributed by atoms with Crippen LogP contribution < -0.4 is 20.7 Å². The quantitative estimate of drug-likeness (QED) is 0.154. The molecule has 4 rings (SSSR count). The Morgan fingerprint density at radius 3 is 2.51 bits per heavy atom. The van der Waals surface area contributed by atoms with Crippen LogP contribution in [0.5, 0.6) is 11.5 Å². The zero-order valence-corrected chi connectivity index (χ0v) is 25.9. The third-order valence-corrected chi connectivity index (χ3v) is 6.38. The minimum atomic E-state index is -0.929. The van der Waals surface area contributed by atoms with Gasteiger partial charge in [0.25, 0.3) is 11.8 Å². The number of aromatic nitrogens is 2. The molecule has 12 heteroatoms. The Hall–Kier alpha value is -5.39. The number of nitrogens with zero attached hydrogens (tertiary/aromatic N) is 1. The number of benzene rings is 1. The molecule has 236 valence electrons. The number of rotatable bonds is 12. The summed E-state index contributed by atoms with van der Waals surface area (Å²) in [6.07, 6.45) is 4.58. The van der Waals surface area contributed by atoms with Crippen LogP contribution in [0.3, 0.4) is 0 Å². The van der Waals surface area contributed by atoms with Crippen molar-refractivity contribution in [3.05, 3.63) is 84.1 Å². The van der Waals surface area contributed by atoms with E-state index in [0.29, 0.717) is 35.1 Å². The first-order valence-corrected chi connectivity index (χ1v) is 14.5. The molecule has 4 N–H and O–H groups in total. The van der Waals surface area contributed by atoms with E-state index in [2.05, 4.69) is 25.9 Å². The lowest BCUT2D eigenvalue weighted by molar-refractivity contribution is -0.155. The standard InChI is InChI=1S/C33H37N5O7/c1-6-34-31(41)25(10-11-28(39)45-33(3,4)5)38-30(40)21-16-26(36-19-21)27-18-24(12-14-35-27)44-23-9-7-8-22(17-23)37-32(42)29-20(2)13-15-43-29/h7-9,12-19,25,36H,6,10-11H2,1-5H3,(H,34,41)(H,37,42)(H,38,40)/t25-/m0/s1. The second kappa shape index (κ2) is 14.4. The molecular weight excluding hydrogens is 578 g/mol. The fraction of sp³-hybridized carbons (Fsp3) is 0.303. The summed E-state index contributed by atoms with van der Waals surface area (Å²) in [5.41, 5.74) is 1.94. The molecule has 0 saturated heterocycles. The summed E-state index contributed by atoms with van der Waals surface area (Å²) in [7, 11) is 0. The molecule has 0 aliphatic heterocycles. The number of pyridine rings is 1. The highest BCUT2D eigenvalue weighted by Crippen LogP contribution is 2.28. The van der Waals surface area contributed by atoms with Crippen LogP contribution in [0.2, 0.25) is 0 Å². The number of likely N-dealkylation sites (N-methyl/N-ethyl adjacent to an activating group) is 1. The summed E-state index contributed by atoms with van der Waals surface area (Å²) < 4.78 is 16.6. The van der Waals surface area contributed by atoms with Gasteiger partial charge in [-0.05, 0) is 71.4 Å². The number of nitrogens with one attached hydrogen (secondary N) is 4. The molecule has 0 bridgehead atoms. The lowest BCUT2D eigenvalue weighted by Gasteiger charge is -2.21. The van der Waals surface area contributed by atoms with Crippen molar-refractivity contribution in [3.8, 4) is 22.9 Å². The first kappa shape index (κ1) is 32.5. The van der Waals surface area contributed by atoms with E-state index >= 15 is 0 Å². The number of aromatic amines is 1. The number of hydrogen-bond donors (Lipinski definition) is 4. The molecule has 45 heavy (non-hydrogen) atoms. The Kier molecular flexibility index (Phi) is 10.4. The van der Waals surface area contributed by atoms with E-state index in [9.17, 15) is 19.2 Å². The summed E-state index contributed by atoms with van der Waals surface area (Å²) in [6, 6.07) is 12.7. The van der Waals surface area contributed by atoms with Crippen molar-refractivity contribution < 1.29 is 33.1 Å². The predicted octanol–water partition coefficient (Wildman–Crippen LogP) is 5.38. The number of furan rings is 1. The van der Waals surface area contributed by atoms with Crippen LogP contribution in [-0.2, 0) is 14.3 Å². The lowest BCUT2D eigenvalue weighted by Crippen LogP contribution is -2.47. The van der Waals surface area contributed by atoms with Crippen molar-refractivity contribution in [1.82, 2.24) is 20.6 Å². The van der Waals surface area contributed by atoms with E-state index in [1.807, 2.05) is 0 Å². The number of hydrogen-bond acceptors (Lipinski definition) is 8. The molecule has 0 unspecified atom stereocenters. The van der Waals surface area contributed by atoms with E-state index in [-0.39, 0.29) is 30.1 Å². The van der Waals surface area contributed by atoms with Gasteiger partial charge in [-0.25, -0.2) is 0 Å². The maximum Gasteiger partial charge on any atom is 0.306 e. The molecule has 3 aromatic heterocycles. The van der Waals surface area contributed by atoms with Gasteiger partial charge >= 0.3 is 5.97 Å². The van der Waals surface area contributed by atoms with Crippen molar-refractivity contribution in [1.29, 1.82) is 0 Å². The van der Waals surface area contributed by atoms with Gasteiger partial charge in [0, 0.05) is 48.7 Å². The third kappa shape index (κ3) is 9.30. The van der Waals surface area contributed by atoms with Gasteiger partial charge in [-0.1, -0.05) is 6.07 Å². The molecule has 0 fully saturated rings. The Labute approximate surface area is 260 Å². The van der Waals surface area contributed by atoms with Gasteiger partial charge in [-0.3, -0.25) is 24.2 Å². The minimum absolute atomic E-state index is 0.0343. The topological polar surface area (TPSA) is 165 Å². The molecule has 0 spiro atoms. The molecule has 3 amide bonds. The largest absolute Gasteiger partial charge is 0.460 e. The van der Waals surface area contributed by atoms with E-state index < -0.39 is 29.4 Å². The van der Waals surface area contributed by atoms with Gasteiger partial charge in [-0.15, -0.1) is 0 Å². The van der Waals surface area contributed by atoms with Crippen molar-refractivity contribution in [2.75, 3.05) is 11.9 Å². The first-order chi connectivity index (χ1) is 21.4. The van der Waals surface area contributed by atoms with Gasteiger partial charge in [0.15, 0.2) is 5.76 Å². The Bertz CT molecular complexity index is 1670. The molecule has 3 heterocycles. The second-order valence-corrected chi connectivity index (χ2v) is 11.2. The zero-order valence-electron chi connectivity index (χ0n) is 25.9. The molecule has 0 saturated carbocycles. The highest BCUT2D eigenvalue weighted by atomic mass is 16.6. The van der Waals surface area contributed by atoms with E-state index in [1.165, 1.54) is 12.5 Å². The van der Waals surface area contributed by atoms with Crippen LogP contribution in [0.4, 0.5) is 5.69 Å². The number of amides is 3. The van der Waals surface area contributed by atoms with Gasteiger partial charge in [-0.2, -0.15) is 0 Å². The Balaban J connectivity index is 1.41. The zero-order chi connectivity index (χ0) is 32.6. The fourth-order valence-electron chi connectivity index (χ4n) is 4.32. The molecular formula is C33H37N5O7. The summed E-state index contributed by atoms with van der Waals surface area (Å²) in [5, 5.41) is 8.20. The van der Waals surface area contributed by atoms with Gasteiger partial charge in [0.1, 0.15) is 23.1 Å². The number of carbonyl (C=O) groups is 4. The predicted molar refractivity (Wildman–Crippen MR) is 167 cm³/mol. The van der Waals surface area contributed by atoms with Crippen molar-refractivity contribution in [2.45, 2.75) is 59.1 Å². The molecule has 0 radical (unpaired) electrons. The number of anilines is 1. The molecule has 1 aromatic carbocycles. The molecule has 0 aliphatic rings. The highest BCUT2D eigenvalue weighted by Gasteiger charge is 2.24. The second-order valence-electron chi connectivity index (χ2n) is 11.2. The molecule has 1 atom stereocenters. The number of ether oxygens (including phenoxy) is 2. The van der Waals surface area contributed by atoms with Crippen LogP contribution >= 0.6 is 0 Å². The normalized spacial score (nSPS) is 11.8. The van der Waals surface area contributed by atoms with Gasteiger partial charge in [0.05, 0.1) is 23.2 Å². The number of H-pyrrole nitrogens is 1. The highest BCUT2D eigenvalue weighted by molar-refractivity contribution is 6.03. The summed E-state index contributed by atoms with van der Waals surface area (Å²) in [4.78, 5) is 57.9. The average Bonchev–Trinajstić information content (AvgIpc) is 3.64. The van der Waals surface area contributed by atoms with Crippen LogP contribution in [-0.4, -0.2) is 51.8 Å². The van der Waals surface area contributed by atoms with E-state index in [0.717, 1.165) is 5.56 Å². The molecule has 12 nitrogen and oxygen atoms in total. The van der Waals surface area contributed by atoms with Gasteiger partial charge < -0.3 is 34.8 Å². The van der Waals surface area contributed by atoms with Crippen LogP contribution in [0.1, 0.15) is 67.0 Å². The lowest BCUT2D eigenvalue weighted by atomic mass is 10.1. The van der Waals surface area contributed by atoms with Crippen molar-refractivity contribution in [3.63, 3.8) is 0 Å². The van der Waals surface area contributed by atoms with Crippen LogP contribution in [0, 0.1) is 6.92 Å². The van der Waals surface area contributed by atoms with Crippen molar-refractivity contribution >= 4 is 29.4 Å². The monoisotopic (exact) mass is 615 g/mol. The third-order valence-electron chi connectivity index (χ3n) is 6.38. The summed E-state index contributed by atoms with van der Waals surface area (Å²) >= 11 is 0. The number of carbonyl (C=O) groups excluding carboxylic acids is 4. The minimum Gasteiger partial charge on any atom is -0.460 e. The van der Waals surface area contributed by atoms with Crippen molar-refractivity contribution in [2.24, 2.45) is 0 Å². The molecule has 0 aliphatic carbocycles. The van der Waals surface area contributed by atoms with Gasteiger partial charge in [0.2, 0.25) is 5.91 Å². The number of aryl methyl sites for hydroxylation is 1. The molecule has 4 aromatic rings. The van der Waals surface area contributed by atoms with Crippen LogP contribution in [0.15, 0.2) is 71.6 Å². The number of esters is 1. The smallest absolute Gasteiger partial charge is 0.306 e. The summed E-state index contributed by atoms with van der Waals surface area (Å²) in [5.74, 6) is -0.513. The Morgan fingerprint density at radius 1 is 1.02 bits per heavy atom. The maximum absolute atomic E-state index is 13.1. The van der Waals surface area contributed by atoms with Crippen LogP contribution in [0.25, 0.3) is 11.4 Å². The SMILES string of the molecule is CCNC(=O)[C@H](CCC(=O)OC(C)(C)C)NC(=O)c1c[nH]c(-c2cc(Oc3cccc(NC(=O)c4occc4C)c3)ccn2)c1. The summed E-state index contributed by atoms with van der Waals surface area (Å²) in [6.45, 7) is 9.22. The van der Waals surface area contributed by atoms with E-state index in [4.69, 9.17) is 13.9 Å². The fourth-order valence-corrected chi connectivity index (χ4v) is 4.32. The van der Waals surface area contributed by atoms with E-state index in [1.54, 1.807) is 89.3 Å². The average molecular weight is 616 g/mol. The Morgan fingerprint density at radius 2 is 1.80 bits per heavy atom.